The summed E-state index contributed by atoms with van der Waals surface area (Å²) >= 11 is 0. The molecule has 0 heterocycles. The fourth-order valence-electron chi connectivity index (χ4n) is 3.04. The van der Waals surface area contributed by atoms with Crippen LogP contribution in [0, 0.1) is 5.92 Å². The van der Waals surface area contributed by atoms with E-state index in [2.05, 4.69) is 13.8 Å². The molecule has 0 spiro atoms. The van der Waals surface area contributed by atoms with Crippen LogP contribution in [0.4, 0.5) is 0 Å². The first kappa shape index (κ1) is 20.5. The maximum absolute atomic E-state index is 10.5. The Balaban J connectivity index is 3.67. The highest BCUT2D eigenvalue weighted by Crippen LogP contribution is 2.24. The first-order chi connectivity index (χ1) is 10.2. The second-order valence-electron chi connectivity index (χ2n) is 6.56. The SMILES string of the molecule is CCCCCCC(CCCCC)CCCCCCC(=O)O. The van der Waals surface area contributed by atoms with Gasteiger partial charge < -0.3 is 5.11 Å². The molecule has 0 fully saturated rings. The summed E-state index contributed by atoms with van der Waals surface area (Å²) in [5, 5.41) is 8.62. The molecule has 1 unspecified atom stereocenters. The van der Waals surface area contributed by atoms with Crippen LogP contribution in [0.5, 0.6) is 0 Å². The summed E-state index contributed by atoms with van der Waals surface area (Å²) in [5.41, 5.74) is 0. The van der Waals surface area contributed by atoms with Crippen LogP contribution in [0.1, 0.15) is 110 Å². The molecule has 0 saturated heterocycles. The van der Waals surface area contributed by atoms with Gasteiger partial charge in [-0.15, -0.1) is 0 Å². The van der Waals surface area contributed by atoms with Gasteiger partial charge in [0.1, 0.15) is 0 Å². The standard InChI is InChI=1S/C19H38O2/c1-3-5-7-11-15-18(14-10-6-4-2)16-12-8-9-13-17-19(20)21/h18H,3-17H2,1-2H3,(H,20,21). The molecule has 2 nitrogen and oxygen atoms in total. The Morgan fingerprint density at radius 2 is 1.14 bits per heavy atom. The monoisotopic (exact) mass is 298 g/mol. The molecule has 0 rings (SSSR count). The molecule has 2 heteroatoms. The van der Waals surface area contributed by atoms with Gasteiger partial charge in [0, 0.05) is 6.42 Å². The van der Waals surface area contributed by atoms with E-state index < -0.39 is 5.97 Å². The van der Waals surface area contributed by atoms with E-state index >= 15 is 0 Å². The zero-order chi connectivity index (χ0) is 15.8. The number of carbonyl (C=O) groups is 1. The zero-order valence-electron chi connectivity index (χ0n) is 14.5. The van der Waals surface area contributed by atoms with E-state index in [1.165, 1.54) is 77.0 Å². The molecule has 0 aromatic carbocycles. The van der Waals surface area contributed by atoms with Crippen molar-refractivity contribution in [2.24, 2.45) is 5.92 Å². The predicted octanol–water partition coefficient (Wildman–Crippen LogP) is 6.58. The topological polar surface area (TPSA) is 37.3 Å². The molecule has 0 aliphatic carbocycles. The predicted molar refractivity (Wildman–Crippen MR) is 91.7 cm³/mol. The van der Waals surface area contributed by atoms with Gasteiger partial charge in [-0.05, 0) is 12.3 Å². The van der Waals surface area contributed by atoms with Crippen molar-refractivity contribution >= 4 is 5.97 Å². The largest absolute Gasteiger partial charge is 0.481 e. The number of unbranched alkanes of at least 4 members (excludes halogenated alkanes) is 8. The number of aliphatic carboxylic acids is 1. The molecule has 0 aromatic heterocycles. The van der Waals surface area contributed by atoms with E-state index in [1.54, 1.807) is 0 Å². The minimum Gasteiger partial charge on any atom is -0.481 e. The smallest absolute Gasteiger partial charge is 0.303 e. The lowest BCUT2D eigenvalue weighted by Gasteiger charge is -2.16. The van der Waals surface area contributed by atoms with Crippen LogP contribution in [0.15, 0.2) is 0 Å². The molecule has 21 heavy (non-hydrogen) atoms. The summed E-state index contributed by atoms with van der Waals surface area (Å²) in [5.74, 6) is 0.274. The van der Waals surface area contributed by atoms with E-state index in [4.69, 9.17) is 5.11 Å². The number of hydrogen-bond donors (Lipinski definition) is 1. The summed E-state index contributed by atoms with van der Waals surface area (Å²) in [6.07, 6.45) is 18.6. The van der Waals surface area contributed by atoms with Gasteiger partial charge in [-0.25, -0.2) is 0 Å². The van der Waals surface area contributed by atoms with Crippen LogP contribution >= 0.6 is 0 Å². The van der Waals surface area contributed by atoms with Crippen LogP contribution in [0.3, 0.4) is 0 Å². The second-order valence-corrected chi connectivity index (χ2v) is 6.56. The first-order valence-electron chi connectivity index (χ1n) is 9.42. The average Bonchev–Trinajstić information content (AvgIpc) is 2.46. The van der Waals surface area contributed by atoms with Crippen molar-refractivity contribution in [3.8, 4) is 0 Å². The van der Waals surface area contributed by atoms with Gasteiger partial charge in [-0.2, -0.15) is 0 Å². The number of rotatable bonds is 16. The van der Waals surface area contributed by atoms with Gasteiger partial charge in [-0.3, -0.25) is 4.79 Å². The molecule has 0 aliphatic heterocycles. The Bertz CT molecular complexity index is 226. The fraction of sp³-hybridized carbons (Fsp3) is 0.947. The van der Waals surface area contributed by atoms with Gasteiger partial charge in [0.15, 0.2) is 0 Å². The van der Waals surface area contributed by atoms with Crippen molar-refractivity contribution < 1.29 is 9.90 Å². The highest BCUT2D eigenvalue weighted by molar-refractivity contribution is 5.66. The third kappa shape index (κ3) is 15.7. The van der Waals surface area contributed by atoms with Crippen molar-refractivity contribution in [3.05, 3.63) is 0 Å². The zero-order valence-corrected chi connectivity index (χ0v) is 14.5. The van der Waals surface area contributed by atoms with Crippen molar-refractivity contribution in [1.29, 1.82) is 0 Å². The van der Waals surface area contributed by atoms with Gasteiger partial charge in [0.2, 0.25) is 0 Å². The van der Waals surface area contributed by atoms with Crippen LogP contribution in [0.2, 0.25) is 0 Å². The second kappa shape index (κ2) is 15.9. The lowest BCUT2D eigenvalue weighted by atomic mass is 9.90. The lowest BCUT2D eigenvalue weighted by Crippen LogP contribution is -2.01. The molecule has 1 N–H and O–H groups in total. The molecule has 126 valence electrons. The van der Waals surface area contributed by atoms with Crippen LogP contribution in [0.25, 0.3) is 0 Å². The summed E-state index contributed by atoms with van der Waals surface area (Å²) in [4.78, 5) is 10.5. The van der Waals surface area contributed by atoms with E-state index in [1.807, 2.05) is 0 Å². The highest BCUT2D eigenvalue weighted by atomic mass is 16.4. The van der Waals surface area contributed by atoms with E-state index in [-0.39, 0.29) is 0 Å². The minimum absolute atomic E-state index is 0.344. The Morgan fingerprint density at radius 3 is 1.67 bits per heavy atom. The Hall–Kier alpha value is -0.530. The van der Waals surface area contributed by atoms with E-state index in [0.717, 1.165) is 18.8 Å². The number of carboxylic acids is 1. The number of carboxylic acid groups (broad SMARTS) is 1. The van der Waals surface area contributed by atoms with Gasteiger partial charge >= 0.3 is 5.97 Å². The molecule has 0 amide bonds. The van der Waals surface area contributed by atoms with Crippen LogP contribution < -0.4 is 0 Å². The third-order valence-electron chi connectivity index (χ3n) is 4.43. The quantitative estimate of drug-likeness (QED) is 0.327. The van der Waals surface area contributed by atoms with Crippen LogP contribution in [-0.2, 0) is 4.79 Å². The maximum atomic E-state index is 10.5. The maximum Gasteiger partial charge on any atom is 0.303 e. The molecule has 0 bridgehead atoms. The summed E-state index contributed by atoms with van der Waals surface area (Å²) in [7, 11) is 0. The molecule has 1 atom stereocenters. The molecule has 0 aromatic rings. The average molecular weight is 299 g/mol. The summed E-state index contributed by atoms with van der Waals surface area (Å²) in [6.45, 7) is 4.55. The fourth-order valence-corrected chi connectivity index (χ4v) is 3.04. The van der Waals surface area contributed by atoms with Gasteiger partial charge in [0.05, 0.1) is 0 Å². The normalized spacial score (nSPS) is 12.5. The van der Waals surface area contributed by atoms with E-state index in [9.17, 15) is 4.79 Å². The molecule has 0 radical (unpaired) electrons. The number of hydrogen-bond acceptors (Lipinski definition) is 1. The van der Waals surface area contributed by atoms with Crippen molar-refractivity contribution in [3.63, 3.8) is 0 Å². The first-order valence-corrected chi connectivity index (χ1v) is 9.42. The molecule has 0 saturated carbocycles. The van der Waals surface area contributed by atoms with Gasteiger partial charge in [-0.1, -0.05) is 97.3 Å². The van der Waals surface area contributed by atoms with Crippen molar-refractivity contribution in [1.82, 2.24) is 0 Å². The lowest BCUT2D eigenvalue weighted by molar-refractivity contribution is -0.137. The van der Waals surface area contributed by atoms with E-state index in [0.29, 0.717) is 6.42 Å². The van der Waals surface area contributed by atoms with Crippen LogP contribution in [-0.4, -0.2) is 11.1 Å². The molecule has 0 aliphatic rings. The molecular formula is C19H38O2. The third-order valence-corrected chi connectivity index (χ3v) is 4.43. The molecular weight excluding hydrogens is 260 g/mol. The summed E-state index contributed by atoms with van der Waals surface area (Å²) in [6, 6.07) is 0. The minimum atomic E-state index is -0.650. The Kier molecular flexibility index (Phi) is 15.5. The van der Waals surface area contributed by atoms with Gasteiger partial charge in [0.25, 0.3) is 0 Å². The van der Waals surface area contributed by atoms with Crippen molar-refractivity contribution in [2.45, 2.75) is 110 Å². The summed E-state index contributed by atoms with van der Waals surface area (Å²) < 4.78 is 0. The Labute approximate surface area is 132 Å². The van der Waals surface area contributed by atoms with Crippen molar-refractivity contribution in [2.75, 3.05) is 0 Å². The Morgan fingerprint density at radius 1 is 0.714 bits per heavy atom. The highest BCUT2D eigenvalue weighted by Gasteiger charge is 2.08.